The molecule has 0 bridgehead atoms. The maximum atomic E-state index is 13.0. The monoisotopic (exact) mass is 230 g/mol. The van der Waals surface area contributed by atoms with E-state index in [-0.39, 0.29) is 0 Å². The SMILES string of the molecule is OC1(OC(F)(F)CF)C(F)=CC=CC1F. The fourth-order valence-electron chi connectivity index (χ4n) is 0.979. The Kier molecular flexibility index (Phi) is 3.15. The Bertz CT molecular complexity index is 301. The molecule has 0 saturated carbocycles. The molecule has 86 valence electrons. The van der Waals surface area contributed by atoms with Gasteiger partial charge in [-0.25, -0.2) is 13.2 Å². The molecule has 0 fully saturated rings. The van der Waals surface area contributed by atoms with Crippen LogP contribution in [0.5, 0.6) is 0 Å². The van der Waals surface area contributed by atoms with Crippen LogP contribution < -0.4 is 0 Å². The summed E-state index contributed by atoms with van der Waals surface area (Å²) in [5, 5.41) is 9.14. The van der Waals surface area contributed by atoms with Gasteiger partial charge in [0.2, 0.25) is 0 Å². The van der Waals surface area contributed by atoms with Crippen LogP contribution in [0, 0.1) is 0 Å². The van der Waals surface area contributed by atoms with E-state index >= 15 is 0 Å². The Morgan fingerprint density at radius 1 is 1.53 bits per heavy atom. The summed E-state index contributed by atoms with van der Waals surface area (Å²) >= 11 is 0. The molecule has 1 rings (SSSR count). The molecule has 0 saturated heterocycles. The van der Waals surface area contributed by atoms with Gasteiger partial charge in [-0.05, 0) is 12.2 Å². The van der Waals surface area contributed by atoms with Crippen LogP contribution in [0.1, 0.15) is 0 Å². The van der Waals surface area contributed by atoms with Gasteiger partial charge in [0, 0.05) is 0 Å². The van der Waals surface area contributed by atoms with Gasteiger partial charge in [-0.3, -0.25) is 4.74 Å². The van der Waals surface area contributed by atoms with Gasteiger partial charge in [0.05, 0.1) is 0 Å². The minimum atomic E-state index is -4.45. The summed E-state index contributed by atoms with van der Waals surface area (Å²) in [5.74, 6) is -5.12. The van der Waals surface area contributed by atoms with Gasteiger partial charge in [0.1, 0.15) is 0 Å². The third kappa shape index (κ3) is 2.35. The van der Waals surface area contributed by atoms with E-state index in [4.69, 9.17) is 5.11 Å². The van der Waals surface area contributed by atoms with Crippen molar-refractivity contribution in [1.82, 2.24) is 0 Å². The van der Waals surface area contributed by atoms with Gasteiger partial charge in [0.25, 0.3) is 5.79 Å². The van der Waals surface area contributed by atoms with Crippen molar-refractivity contribution in [2.45, 2.75) is 18.1 Å². The lowest BCUT2D eigenvalue weighted by Gasteiger charge is -2.32. The quantitative estimate of drug-likeness (QED) is 0.593. The number of aliphatic hydroxyl groups is 1. The Balaban J connectivity index is 2.91. The van der Waals surface area contributed by atoms with E-state index in [1.807, 2.05) is 0 Å². The summed E-state index contributed by atoms with van der Waals surface area (Å²) in [5.41, 5.74) is 0. The molecule has 0 aromatic heterocycles. The van der Waals surface area contributed by atoms with E-state index in [1.54, 1.807) is 0 Å². The summed E-state index contributed by atoms with van der Waals surface area (Å²) in [6, 6.07) is 0. The average Bonchev–Trinajstić information content (AvgIpc) is 2.14. The van der Waals surface area contributed by atoms with Crippen molar-refractivity contribution in [3.8, 4) is 0 Å². The van der Waals surface area contributed by atoms with Crippen molar-refractivity contribution in [3.05, 3.63) is 24.1 Å². The predicted octanol–water partition coefficient (Wildman–Crippen LogP) is 2.02. The molecule has 0 aromatic rings. The number of allylic oxidation sites excluding steroid dienone is 2. The first-order valence-corrected chi connectivity index (χ1v) is 3.87. The molecule has 2 atom stereocenters. The molecule has 0 radical (unpaired) electrons. The van der Waals surface area contributed by atoms with Gasteiger partial charge in [-0.2, -0.15) is 8.78 Å². The van der Waals surface area contributed by atoms with E-state index in [1.165, 1.54) is 0 Å². The first-order valence-electron chi connectivity index (χ1n) is 3.87. The third-order valence-electron chi connectivity index (χ3n) is 1.70. The Hall–Kier alpha value is -0.950. The molecular formula is C8H7F5O2. The Morgan fingerprint density at radius 3 is 2.60 bits per heavy atom. The number of rotatable bonds is 3. The van der Waals surface area contributed by atoms with Crippen molar-refractivity contribution in [2.24, 2.45) is 0 Å². The topological polar surface area (TPSA) is 29.5 Å². The molecule has 2 unspecified atom stereocenters. The van der Waals surface area contributed by atoms with Crippen molar-refractivity contribution in [2.75, 3.05) is 6.67 Å². The van der Waals surface area contributed by atoms with E-state index in [0.717, 1.165) is 6.08 Å². The molecule has 15 heavy (non-hydrogen) atoms. The van der Waals surface area contributed by atoms with Crippen molar-refractivity contribution in [1.29, 1.82) is 0 Å². The molecule has 0 spiro atoms. The second-order valence-electron chi connectivity index (χ2n) is 2.87. The summed E-state index contributed by atoms with van der Waals surface area (Å²) in [6.45, 7) is -2.29. The molecule has 7 heteroatoms. The number of hydrogen-bond acceptors (Lipinski definition) is 2. The predicted molar refractivity (Wildman–Crippen MR) is 40.2 cm³/mol. The van der Waals surface area contributed by atoms with Crippen LogP contribution in [0.25, 0.3) is 0 Å². The second-order valence-corrected chi connectivity index (χ2v) is 2.87. The maximum absolute atomic E-state index is 13.0. The molecule has 2 nitrogen and oxygen atoms in total. The summed E-state index contributed by atoms with van der Waals surface area (Å²) in [4.78, 5) is 0. The van der Waals surface area contributed by atoms with Gasteiger partial charge in [-0.1, -0.05) is 6.08 Å². The fourth-order valence-corrected chi connectivity index (χ4v) is 0.979. The highest BCUT2D eigenvalue weighted by atomic mass is 19.3. The lowest BCUT2D eigenvalue weighted by atomic mass is 10.0. The van der Waals surface area contributed by atoms with Gasteiger partial charge < -0.3 is 5.11 Å². The first-order chi connectivity index (χ1) is 6.82. The van der Waals surface area contributed by atoms with Crippen LogP contribution in [0.2, 0.25) is 0 Å². The normalized spacial score (nSPS) is 31.6. The van der Waals surface area contributed by atoms with Crippen LogP contribution in [-0.2, 0) is 4.74 Å². The van der Waals surface area contributed by atoms with E-state index in [0.29, 0.717) is 12.2 Å². The lowest BCUT2D eigenvalue weighted by Crippen LogP contribution is -2.49. The second kappa shape index (κ2) is 3.90. The largest absolute Gasteiger partial charge is 0.386 e. The number of ether oxygens (including phenoxy) is 1. The molecule has 0 amide bonds. The van der Waals surface area contributed by atoms with Crippen molar-refractivity contribution < 1.29 is 31.8 Å². The highest BCUT2D eigenvalue weighted by Crippen LogP contribution is 2.35. The zero-order valence-corrected chi connectivity index (χ0v) is 7.26. The molecular weight excluding hydrogens is 223 g/mol. The standard InChI is InChI=1S/C8H7F5O2/c9-4-7(12,13)15-8(14)5(10)2-1-3-6(8)11/h1-3,5,14H,4H2. The van der Waals surface area contributed by atoms with Crippen molar-refractivity contribution >= 4 is 0 Å². The average molecular weight is 230 g/mol. The molecule has 0 heterocycles. The zero-order valence-electron chi connectivity index (χ0n) is 7.26. The maximum Gasteiger partial charge on any atom is 0.386 e. The highest BCUT2D eigenvalue weighted by Gasteiger charge is 2.51. The minimum absolute atomic E-state index is 0.546. The number of alkyl halides is 4. The highest BCUT2D eigenvalue weighted by molar-refractivity contribution is 5.24. The van der Waals surface area contributed by atoms with Crippen LogP contribution in [0.4, 0.5) is 22.0 Å². The fraction of sp³-hybridized carbons (Fsp3) is 0.500. The van der Waals surface area contributed by atoms with E-state index in [9.17, 15) is 22.0 Å². The van der Waals surface area contributed by atoms with Crippen LogP contribution in [-0.4, -0.2) is 29.8 Å². The summed E-state index contributed by atoms with van der Waals surface area (Å²) in [6.07, 6.45) is -4.94. The van der Waals surface area contributed by atoms with Crippen molar-refractivity contribution in [3.63, 3.8) is 0 Å². The van der Waals surface area contributed by atoms with Crippen LogP contribution >= 0.6 is 0 Å². The molecule has 1 N–H and O–H groups in total. The van der Waals surface area contributed by atoms with E-state index in [2.05, 4.69) is 4.74 Å². The first kappa shape index (κ1) is 12.1. The zero-order chi connectivity index (χ0) is 11.7. The van der Waals surface area contributed by atoms with Gasteiger partial charge in [0.15, 0.2) is 18.7 Å². The number of hydrogen-bond donors (Lipinski definition) is 1. The van der Waals surface area contributed by atoms with E-state index < -0.39 is 30.6 Å². The molecule has 0 aromatic carbocycles. The summed E-state index contributed by atoms with van der Waals surface area (Å²) < 4.78 is 65.7. The smallest absolute Gasteiger partial charge is 0.357 e. The van der Waals surface area contributed by atoms with Crippen LogP contribution in [0.3, 0.4) is 0 Å². The third-order valence-corrected chi connectivity index (χ3v) is 1.70. The molecule has 1 aliphatic carbocycles. The lowest BCUT2D eigenvalue weighted by molar-refractivity contribution is -0.360. The molecule has 0 aliphatic heterocycles. The Morgan fingerprint density at radius 2 is 2.13 bits per heavy atom. The number of halogens is 5. The Labute approximate surface area is 81.6 Å². The van der Waals surface area contributed by atoms with Gasteiger partial charge >= 0.3 is 6.11 Å². The molecule has 1 aliphatic rings. The van der Waals surface area contributed by atoms with Crippen LogP contribution in [0.15, 0.2) is 24.1 Å². The summed E-state index contributed by atoms with van der Waals surface area (Å²) in [7, 11) is 0. The van der Waals surface area contributed by atoms with Gasteiger partial charge in [-0.15, -0.1) is 0 Å². The minimum Gasteiger partial charge on any atom is -0.357 e.